The van der Waals surface area contributed by atoms with Crippen LogP contribution in [0.25, 0.3) is 0 Å². The third kappa shape index (κ3) is 3.77. The van der Waals surface area contributed by atoms with Gasteiger partial charge in [0.2, 0.25) is 0 Å². The molecule has 4 nitrogen and oxygen atoms in total. The van der Waals surface area contributed by atoms with Crippen LogP contribution in [-0.4, -0.2) is 30.3 Å². The van der Waals surface area contributed by atoms with Crippen molar-refractivity contribution in [3.8, 4) is 0 Å². The second-order valence-electron chi connectivity index (χ2n) is 3.74. The topological polar surface area (TPSA) is 58.6 Å². The van der Waals surface area contributed by atoms with Crippen molar-refractivity contribution in [2.75, 3.05) is 19.0 Å². The van der Waals surface area contributed by atoms with E-state index in [-0.39, 0.29) is 6.54 Å². The third-order valence-corrected chi connectivity index (χ3v) is 2.73. The molecule has 0 saturated carbocycles. The molecule has 0 aliphatic rings. The summed E-state index contributed by atoms with van der Waals surface area (Å²) in [6.07, 6.45) is 0. The SMILES string of the molecule is COC(=O)C(C)(O)CNc1ccc(Cl)cc1Cl. The van der Waals surface area contributed by atoms with Crippen LogP contribution < -0.4 is 5.32 Å². The van der Waals surface area contributed by atoms with Gasteiger partial charge in [-0.25, -0.2) is 4.79 Å². The van der Waals surface area contributed by atoms with E-state index in [1.165, 1.54) is 14.0 Å². The maximum absolute atomic E-state index is 11.2. The first-order valence-corrected chi connectivity index (χ1v) is 5.62. The highest BCUT2D eigenvalue weighted by atomic mass is 35.5. The zero-order valence-electron chi connectivity index (χ0n) is 9.46. The zero-order chi connectivity index (χ0) is 13.1. The number of aliphatic hydroxyl groups is 1. The van der Waals surface area contributed by atoms with Crippen LogP contribution in [0.4, 0.5) is 5.69 Å². The van der Waals surface area contributed by atoms with Crippen molar-refractivity contribution >= 4 is 34.9 Å². The first-order chi connectivity index (χ1) is 7.86. The van der Waals surface area contributed by atoms with Gasteiger partial charge < -0.3 is 15.2 Å². The number of carbonyl (C=O) groups excluding carboxylic acids is 1. The van der Waals surface area contributed by atoms with Gasteiger partial charge in [0, 0.05) is 5.02 Å². The summed E-state index contributed by atoms with van der Waals surface area (Å²) in [5.74, 6) is -0.713. The van der Waals surface area contributed by atoms with Gasteiger partial charge in [-0.05, 0) is 25.1 Å². The lowest BCUT2D eigenvalue weighted by atomic mass is 10.1. The average molecular weight is 278 g/mol. The van der Waals surface area contributed by atoms with E-state index < -0.39 is 11.6 Å². The Hall–Kier alpha value is -0.970. The van der Waals surface area contributed by atoms with E-state index in [0.29, 0.717) is 15.7 Å². The molecule has 0 aliphatic heterocycles. The highest BCUT2D eigenvalue weighted by Gasteiger charge is 2.31. The van der Waals surface area contributed by atoms with Crippen LogP contribution in [0.1, 0.15) is 6.92 Å². The van der Waals surface area contributed by atoms with Gasteiger partial charge in [-0.2, -0.15) is 0 Å². The van der Waals surface area contributed by atoms with E-state index in [0.717, 1.165) is 0 Å². The van der Waals surface area contributed by atoms with Crippen LogP contribution in [-0.2, 0) is 9.53 Å². The molecule has 94 valence electrons. The summed E-state index contributed by atoms with van der Waals surface area (Å²) >= 11 is 11.7. The Bertz CT molecular complexity index is 421. The van der Waals surface area contributed by atoms with Crippen LogP contribution in [0, 0.1) is 0 Å². The Kier molecular flexibility index (Phi) is 4.62. The number of ether oxygens (including phenoxy) is 1. The number of nitrogens with one attached hydrogen (secondary N) is 1. The molecule has 6 heteroatoms. The first-order valence-electron chi connectivity index (χ1n) is 4.86. The summed E-state index contributed by atoms with van der Waals surface area (Å²) in [5, 5.41) is 13.6. The predicted octanol–water partition coefficient (Wildman–Crippen LogP) is 2.33. The van der Waals surface area contributed by atoms with E-state index in [1.807, 2.05) is 0 Å². The van der Waals surface area contributed by atoms with Gasteiger partial charge in [-0.1, -0.05) is 23.2 Å². The molecule has 2 N–H and O–H groups in total. The van der Waals surface area contributed by atoms with Gasteiger partial charge in [0.15, 0.2) is 5.60 Å². The van der Waals surface area contributed by atoms with Crippen molar-refractivity contribution in [2.45, 2.75) is 12.5 Å². The van der Waals surface area contributed by atoms with Gasteiger partial charge in [-0.15, -0.1) is 0 Å². The number of rotatable bonds is 4. The number of hydrogen-bond acceptors (Lipinski definition) is 4. The molecule has 0 saturated heterocycles. The minimum Gasteiger partial charge on any atom is -0.467 e. The fourth-order valence-electron chi connectivity index (χ4n) is 1.19. The summed E-state index contributed by atoms with van der Waals surface area (Å²) < 4.78 is 4.47. The van der Waals surface area contributed by atoms with Crippen molar-refractivity contribution in [1.29, 1.82) is 0 Å². The smallest absolute Gasteiger partial charge is 0.339 e. The fraction of sp³-hybridized carbons (Fsp3) is 0.364. The van der Waals surface area contributed by atoms with Crippen molar-refractivity contribution < 1.29 is 14.6 Å². The van der Waals surface area contributed by atoms with Crippen LogP contribution in [0.5, 0.6) is 0 Å². The summed E-state index contributed by atoms with van der Waals surface area (Å²) in [6.45, 7) is 1.34. The van der Waals surface area contributed by atoms with Crippen LogP contribution in [0.2, 0.25) is 10.0 Å². The third-order valence-electron chi connectivity index (χ3n) is 2.18. The van der Waals surface area contributed by atoms with E-state index in [1.54, 1.807) is 18.2 Å². The van der Waals surface area contributed by atoms with Crippen molar-refractivity contribution in [2.24, 2.45) is 0 Å². The van der Waals surface area contributed by atoms with E-state index in [9.17, 15) is 9.90 Å². The average Bonchev–Trinajstić information content (AvgIpc) is 2.26. The van der Waals surface area contributed by atoms with Crippen molar-refractivity contribution in [3.63, 3.8) is 0 Å². The molecule has 1 atom stereocenters. The van der Waals surface area contributed by atoms with Crippen LogP contribution in [0.15, 0.2) is 18.2 Å². The molecule has 0 bridgehead atoms. The summed E-state index contributed by atoms with van der Waals surface area (Å²) in [5.41, 5.74) is -1.03. The van der Waals surface area contributed by atoms with Gasteiger partial charge in [0.25, 0.3) is 0 Å². The Morgan fingerprint density at radius 1 is 1.53 bits per heavy atom. The molecule has 0 aromatic heterocycles. The van der Waals surface area contributed by atoms with E-state index in [2.05, 4.69) is 10.1 Å². The van der Waals surface area contributed by atoms with E-state index in [4.69, 9.17) is 23.2 Å². The summed E-state index contributed by atoms with van der Waals surface area (Å²) in [6, 6.07) is 4.89. The molecule has 1 rings (SSSR count). The lowest BCUT2D eigenvalue weighted by Crippen LogP contribution is -2.42. The highest BCUT2D eigenvalue weighted by molar-refractivity contribution is 6.36. The lowest BCUT2D eigenvalue weighted by molar-refractivity contribution is -0.158. The zero-order valence-corrected chi connectivity index (χ0v) is 11.0. The van der Waals surface area contributed by atoms with Crippen molar-refractivity contribution in [3.05, 3.63) is 28.2 Å². The number of anilines is 1. The maximum Gasteiger partial charge on any atom is 0.339 e. The number of benzene rings is 1. The standard InChI is InChI=1S/C11H13Cl2NO3/c1-11(16,10(15)17-2)6-14-9-4-3-7(12)5-8(9)13/h3-5,14,16H,6H2,1-2H3. The molecule has 17 heavy (non-hydrogen) atoms. The van der Waals surface area contributed by atoms with Gasteiger partial charge in [-0.3, -0.25) is 0 Å². The Morgan fingerprint density at radius 2 is 2.18 bits per heavy atom. The Balaban J connectivity index is 2.70. The molecular weight excluding hydrogens is 265 g/mol. The number of hydrogen-bond donors (Lipinski definition) is 2. The summed E-state index contributed by atoms with van der Waals surface area (Å²) in [7, 11) is 1.21. The number of carbonyl (C=O) groups is 1. The number of esters is 1. The van der Waals surface area contributed by atoms with Crippen LogP contribution in [0.3, 0.4) is 0 Å². The maximum atomic E-state index is 11.2. The second-order valence-corrected chi connectivity index (χ2v) is 4.59. The molecule has 0 radical (unpaired) electrons. The number of methoxy groups -OCH3 is 1. The monoisotopic (exact) mass is 277 g/mol. The molecule has 0 amide bonds. The minimum absolute atomic E-state index is 0.0129. The van der Waals surface area contributed by atoms with Gasteiger partial charge >= 0.3 is 5.97 Å². The highest BCUT2D eigenvalue weighted by Crippen LogP contribution is 2.25. The van der Waals surface area contributed by atoms with Crippen LogP contribution >= 0.6 is 23.2 Å². The molecule has 1 aromatic carbocycles. The van der Waals surface area contributed by atoms with Gasteiger partial charge in [0.05, 0.1) is 24.4 Å². The molecule has 0 aliphatic carbocycles. The quantitative estimate of drug-likeness (QED) is 0.830. The molecule has 0 spiro atoms. The Labute approximate surface area is 109 Å². The molecule has 0 heterocycles. The van der Waals surface area contributed by atoms with E-state index >= 15 is 0 Å². The fourth-order valence-corrected chi connectivity index (χ4v) is 1.67. The normalized spacial score (nSPS) is 13.9. The molecule has 1 aromatic rings. The molecular formula is C11H13Cl2NO3. The minimum atomic E-state index is -1.61. The largest absolute Gasteiger partial charge is 0.467 e. The Morgan fingerprint density at radius 3 is 2.71 bits per heavy atom. The van der Waals surface area contributed by atoms with Gasteiger partial charge in [0.1, 0.15) is 0 Å². The first kappa shape index (κ1) is 14.1. The second kappa shape index (κ2) is 5.58. The lowest BCUT2D eigenvalue weighted by Gasteiger charge is -2.21. The van der Waals surface area contributed by atoms with Crippen molar-refractivity contribution in [1.82, 2.24) is 0 Å². The summed E-state index contributed by atoms with van der Waals surface area (Å²) in [4.78, 5) is 11.2. The number of halogens is 2. The predicted molar refractivity (Wildman–Crippen MR) is 67.6 cm³/mol. The molecule has 0 fully saturated rings. The molecule has 1 unspecified atom stereocenters.